The molecule has 3 rings (SSSR count). The van der Waals surface area contributed by atoms with Crippen LogP contribution < -0.4 is 5.32 Å². The lowest BCUT2D eigenvalue weighted by Gasteiger charge is -2.17. The molecule has 0 spiro atoms. The fraction of sp³-hybridized carbons (Fsp3) is 0.533. The van der Waals surface area contributed by atoms with Gasteiger partial charge in [0.2, 0.25) is 0 Å². The van der Waals surface area contributed by atoms with E-state index in [2.05, 4.69) is 5.32 Å². The molecule has 0 aromatic heterocycles. The Labute approximate surface area is 117 Å². The first-order valence-electron chi connectivity index (χ1n) is 7.14. The molecule has 1 heterocycles. The van der Waals surface area contributed by atoms with E-state index in [1.807, 2.05) is 0 Å². The molecule has 20 heavy (non-hydrogen) atoms. The van der Waals surface area contributed by atoms with Crippen molar-refractivity contribution >= 4 is 11.7 Å². The van der Waals surface area contributed by atoms with Gasteiger partial charge in [0.1, 0.15) is 5.82 Å². The molecule has 1 atom stereocenters. The highest BCUT2D eigenvalue weighted by Crippen LogP contribution is 2.30. The summed E-state index contributed by atoms with van der Waals surface area (Å²) in [6.07, 6.45) is 3.52. The van der Waals surface area contributed by atoms with Gasteiger partial charge in [-0.3, -0.25) is 0 Å². The van der Waals surface area contributed by atoms with Crippen molar-refractivity contribution in [2.75, 3.05) is 25.0 Å². The number of rotatable bonds is 4. The smallest absolute Gasteiger partial charge is 0.322 e. The number of hydrogen-bond acceptors (Lipinski definition) is 2. The van der Waals surface area contributed by atoms with Gasteiger partial charge in [0, 0.05) is 19.7 Å². The molecule has 1 aromatic rings. The first-order valence-corrected chi connectivity index (χ1v) is 7.14. The highest BCUT2D eigenvalue weighted by molar-refractivity contribution is 5.89. The molecule has 2 aliphatic rings. The Balaban J connectivity index is 1.49. The van der Waals surface area contributed by atoms with Crippen LogP contribution in [0.1, 0.15) is 19.3 Å². The van der Waals surface area contributed by atoms with Gasteiger partial charge in [-0.2, -0.15) is 0 Å². The first kappa shape index (κ1) is 13.4. The van der Waals surface area contributed by atoms with E-state index in [0.717, 1.165) is 18.9 Å². The van der Waals surface area contributed by atoms with Crippen LogP contribution in [0.15, 0.2) is 24.3 Å². The Morgan fingerprint density at radius 1 is 1.35 bits per heavy atom. The molecule has 1 aliphatic carbocycles. The molecule has 1 saturated carbocycles. The average Bonchev–Trinajstić information content (AvgIpc) is 3.15. The van der Waals surface area contributed by atoms with Crippen molar-refractivity contribution in [2.24, 2.45) is 5.92 Å². The largest absolute Gasteiger partial charge is 0.376 e. The van der Waals surface area contributed by atoms with Crippen molar-refractivity contribution in [3.05, 3.63) is 30.1 Å². The third-order valence-electron chi connectivity index (χ3n) is 3.81. The Bertz CT molecular complexity index is 491. The lowest BCUT2D eigenvalue weighted by atomic mass is 10.3. The lowest BCUT2D eigenvalue weighted by Crippen LogP contribution is -2.34. The minimum absolute atomic E-state index is 0.127. The minimum atomic E-state index is -0.415. The number of benzene rings is 1. The SMILES string of the molecule is O=C(Nc1ccccc1F)N1CCC(OCC2CC2)C1. The van der Waals surface area contributed by atoms with Gasteiger partial charge in [-0.1, -0.05) is 12.1 Å². The summed E-state index contributed by atoms with van der Waals surface area (Å²) < 4.78 is 19.3. The fourth-order valence-corrected chi connectivity index (χ4v) is 2.36. The number of anilines is 1. The maximum absolute atomic E-state index is 13.5. The maximum atomic E-state index is 13.5. The topological polar surface area (TPSA) is 41.6 Å². The fourth-order valence-electron chi connectivity index (χ4n) is 2.36. The van der Waals surface area contributed by atoms with Crippen molar-refractivity contribution in [3.8, 4) is 0 Å². The maximum Gasteiger partial charge on any atom is 0.322 e. The summed E-state index contributed by atoms with van der Waals surface area (Å²) in [4.78, 5) is 13.7. The van der Waals surface area contributed by atoms with Gasteiger partial charge in [-0.05, 0) is 37.3 Å². The monoisotopic (exact) mass is 278 g/mol. The predicted octanol–water partition coefficient (Wildman–Crippen LogP) is 2.86. The number of para-hydroxylation sites is 1. The van der Waals surface area contributed by atoms with Crippen molar-refractivity contribution < 1.29 is 13.9 Å². The van der Waals surface area contributed by atoms with E-state index in [1.54, 1.807) is 23.1 Å². The number of likely N-dealkylation sites (tertiary alicyclic amines) is 1. The van der Waals surface area contributed by atoms with Crippen LogP contribution in [0.3, 0.4) is 0 Å². The second-order valence-corrected chi connectivity index (χ2v) is 5.54. The molecule has 1 saturated heterocycles. The Hall–Kier alpha value is -1.62. The number of nitrogens with one attached hydrogen (secondary N) is 1. The molecular weight excluding hydrogens is 259 g/mol. The average molecular weight is 278 g/mol. The molecule has 1 unspecified atom stereocenters. The third kappa shape index (κ3) is 3.28. The minimum Gasteiger partial charge on any atom is -0.376 e. The lowest BCUT2D eigenvalue weighted by molar-refractivity contribution is 0.0542. The normalized spacial score (nSPS) is 22.1. The number of carbonyl (C=O) groups excluding carboxylic acids is 1. The van der Waals surface area contributed by atoms with Crippen LogP contribution in [-0.2, 0) is 4.74 Å². The zero-order valence-electron chi connectivity index (χ0n) is 11.3. The second kappa shape index (κ2) is 5.79. The van der Waals surface area contributed by atoms with E-state index >= 15 is 0 Å². The van der Waals surface area contributed by atoms with Crippen LogP contribution in [0.4, 0.5) is 14.9 Å². The molecule has 0 radical (unpaired) electrons. The quantitative estimate of drug-likeness (QED) is 0.920. The van der Waals surface area contributed by atoms with E-state index in [4.69, 9.17) is 4.74 Å². The van der Waals surface area contributed by atoms with Gasteiger partial charge in [-0.15, -0.1) is 0 Å². The standard InChI is InChI=1S/C15H19FN2O2/c16-13-3-1-2-4-14(13)17-15(19)18-8-7-12(9-18)20-10-11-5-6-11/h1-4,11-12H,5-10H2,(H,17,19). The Morgan fingerprint density at radius 3 is 2.90 bits per heavy atom. The van der Waals surface area contributed by atoms with Gasteiger partial charge in [0.05, 0.1) is 11.8 Å². The highest BCUT2D eigenvalue weighted by atomic mass is 19.1. The summed E-state index contributed by atoms with van der Waals surface area (Å²) in [5.74, 6) is 0.317. The molecule has 0 bridgehead atoms. The van der Waals surface area contributed by atoms with Crippen molar-refractivity contribution in [2.45, 2.75) is 25.4 Å². The molecule has 4 nitrogen and oxygen atoms in total. The summed E-state index contributed by atoms with van der Waals surface area (Å²) in [7, 11) is 0. The van der Waals surface area contributed by atoms with Crippen LogP contribution in [0.5, 0.6) is 0 Å². The molecule has 1 aliphatic heterocycles. The summed E-state index contributed by atoms with van der Waals surface area (Å²) >= 11 is 0. The number of carbonyl (C=O) groups is 1. The zero-order valence-corrected chi connectivity index (χ0v) is 11.3. The van der Waals surface area contributed by atoms with Crippen LogP contribution in [0.25, 0.3) is 0 Å². The molecule has 5 heteroatoms. The summed E-state index contributed by atoms with van der Waals surface area (Å²) in [6, 6.07) is 5.94. The van der Waals surface area contributed by atoms with Crippen molar-refractivity contribution in [3.63, 3.8) is 0 Å². The second-order valence-electron chi connectivity index (χ2n) is 5.54. The number of ether oxygens (including phenoxy) is 1. The van der Waals surface area contributed by atoms with Crippen LogP contribution in [0, 0.1) is 11.7 Å². The van der Waals surface area contributed by atoms with Crippen molar-refractivity contribution in [1.29, 1.82) is 0 Å². The Kier molecular flexibility index (Phi) is 3.87. The number of nitrogens with zero attached hydrogens (tertiary/aromatic N) is 1. The first-order chi connectivity index (χ1) is 9.72. The number of halogens is 1. The number of hydrogen-bond donors (Lipinski definition) is 1. The van der Waals surface area contributed by atoms with Crippen LogP contribution >= 0.6 is 0 Å². The molecule has 1 aromatic carbocycles. The van der Waals surface area contributed by atoms with E-state index in [1.165, 1.54) is 18.9 Å². The van der Waals surface area contributed by atoms with Crippen molar-refractivity contribution in [1.82, 2.24) is 4.90 Å². The molecule has 2 fully saturated rings. The molecule has 1 N–H and O–H groups in total. The van der Waals surface area contributed by atoms with E-state index in [9.17, 15) is 9.18 Å². The Morgan fingerprint density at radius 2 is 2.15 bits per heavy atom. The summed E-state index contributed by atoms with van der Waals surface area (Å²) in [6.45, 7) is 2.07. The molecule has 108 valence electrons. The predicted molar refractivity (Wildman–Crippen MR) is 74.1 cm³/mol. The van der Waals surface area contributed by atoms with Crippen LogP contribution in [0.2, 0.25) is 0 Å². The van der Waals surface area contributed by atoms with E-state index in [0.29, 0.717) is 13.1 Å². The molecular formula is C15H19FN2O2. The number of amides is 2. The zero-order chi connectivity index (χ0) is 13.9. The van der Waals surface area contributed by atoms with E-state index in [-0.39, 0.29) is 17.8 Å². The van der Waals surface area contributed by atoms with Gasteiger partial charge in [0.25, 0.3) is 0 Å². The van der Waals surface area contributed by atoms with E-state index < -0.39 is 5.82 Å². The molecule has 2 amide bonds. The van der Waals surface area contributed by atoms with Gasteiger partial charge in [0.15, 0.2) is 0 Å². The number of urea groups is 1. The summed E-state index contributed by atoms with van der Waals surface area (Å²) in [5, 5.41) is 2.61. The highest BCUT2D eigenvalue weighted by Gasteiger charge is 2.29. The third-order valence-corrected chi connectivity index (χ3v) is 3.81. The van der Waals surface area contributed by atoms with Gasteiger partial charge in [-0.25, -0.2) is 9.18 Å². The van der Waals surface area contributed by atoms with Crippen LogP contribution in [-0.4, -0.2) is 36.7 Å². The van der Waals surface area contributed by atoms with Gasteiger partial charge < -0.3 is 15.0 Å². The summed E-state index contributed by atoms with van der Waals surface area (Å²) in [5.41, 5.74) is 0.222. The van der Waals surface area contributed by atoms with Gasteiger partial charge >= 0.3 is 6.03 Å².